The molecule has 3 rings (SSSR count). The van der Waals surface area contributed by atoms with Crippen LogP contribution in [0.15, 0.2) is 42.5 Å². The Hall–Kier alpha value is -3.82. The maximum absolute atomic E-state index is 12.4. The van der Waals surface area contributed by atoms with Gasteiger partial charge >= 0.3 is 0 Å². The first-order chi connectivity index (χ1) is 13.5. The number of aliphatic hydroxyl groups excluding tert-OH is 3. The van der Waals surface area contributed by atoms with Crippen LogP contribution in [0.5, 0.6) is 5.75 Å². The number of carbonyl (C=O) groups excluding carboxylic acids is 3. The second-order valence-corrected chi connectivity index (χ2v) is 4.34. The number of hydrogen-bond acceptors (Lipinski definition) is 7. The maximum atomic E-state index is 12.4. The van der Waals surface area contributed by atoms with Gasteiger partial charge in [-0.15, -0.1) is 6.07 Å². The summed E-state index contributed by atoms with van der Waals surface area (Å²) in [7, 11) is 0. The molecule has 1 aliphatic carbocycles. The van der Waals surface area contributed by atoms with Gasteiger partial charge in [0.1, 0.15) is 0 Å². The number of rotatable bonds is 2. The Kier molecular flexibility index (Phi) is 14.4. The minimum Gasteiger partial charge on any atom is -0.665 e. The first kappa shape index (κ1) is 27.4. The van der Waals surface area contributed by atoms with Crippen molar-refractivity contribution in [1.82, 2.24) is 0 Å². The van der Waals surface area contributed by atoms with Crippen LogP contribution in [-0.4, -0.2) is 52.8 Å². The van der Waals surface area contributed by atoms with Crippen LogP contribution in [-0.2, 0) is 36.2 Å². The third-order valence-electron chi connectivity index (χ3n) is 3.07. The second kappa shape index (κ2) is 15.3. The Labute approximate surface area is 174 Å². The summed E-state index contributed by atoms with van der Waals surface area (Å²) in [5.74, 6) is -0.516. The number of ketones is 2. The zero-order chi connectivity index (χ0) is 21.5. The van der Waals surface area contributed by atoms with Gasteiger partial charge in [0.25, 0.3) is 0 Å². The van der Waals surface area contributed by atoms with Crippen LogP contribution in [0.2, 0.25) is 0 Å². The molecule has 0 spiro atoms. The van der Waals surface area contributed by atoms with Gasteiger partial charge in [0.05, 0.1) is 0 Å². The normalized spacial score (nSPS) is 9.52. The van der Waals surface area contributed by atoms with E-state index in [1.54, 1.807) is 36.4 Å². The van der Waals surface area contributed by atoms with Gasteiger partial charge in [0, 0.05) is 33.8 Å². The summed E-state index contributed by atoms with van der Waals surface area (Å²) in [6.07, 6.45) is 0. The van der Waals surface area contributed by atoms with Crippen LogP contribution in [0.3, 0.4) is 0 Å². The standard InChI is InChI=1S/C15H7O4.3CHO2.Cu/c16-8-19-12-7-3-6-11-13(12)15(18)10-5-2-1-4-9(10)14(11)17;3*2-1-3;/h1-7H;3*(H,2,3);/q4*-1;. The van der Waals surface area contributed by atoms with Gasteiger partial charge < -0.3 is 39.2 Å². The number of hydrogen-bond donors (Lipinski definition) is 3. The Balaban J connectivity index is 0. The third kappa shape index (κ3) is 7.37. The Morgan fingerprint density at radius 2 is 1.07 bits per heavy atom. The number of fused-ring (bicyclic) bond motifs is 2. The monoisotopic (exact) mass is 449 g/mol. The summed E-state index contributed by atoms with van der Waals surface area (Å²) in [6.45, 7) is 2.78. The van der Waals surface area contributed by atoms with E-state index < -0.39 is 0 Å². The van der Waals surface area contributed by atoms with Crippen molar-refractivity contribution >= 4 is 37.5 Å². The predicted molar refractivity (Wildman–Crippen MR) is 91.0 cm³/mol. The zero-order valence-corrected chi connectivity index (χ0v) is 15.0. The molecule has 10 nitrogen and oxygen atoms in total. The molecule has 29 heavy (non-hydrogen) atoms. The van der Waals surface area contributed by atoms with E-state index in [0.717, 1.165) is 0 Å². The van der Waals surface area contributed by atoms with Gasteiger partial charge in [-0.3, -0.25) is 9.59 Å². The van der Waals surface area contributed by atoms with Crippen LogP contribution in [0.25, 0.3) is 0 Å². The molecule has 2 aromatic rings. The Bertz CT molecular complexity index is 849. The van der Waals surface area contributed by atoms with Crippen LogP contribution in [0.4, 0.5) is 0 Å². The minimum atomic E-state index is -0.323. The van der Waals surface area contributed by atoms with E-state index in [4.69, 9.17) is 29.7 Å². The molecule has 11 heteroatoms. The van der Waals surface area contributed by atoms with Crippen molar-refractivity contribution in [2.75, 3.05) is 0 Å². The van der Waals surface area contributed by atoms with E-state index >= 15 is 0 Å². The molecule has 0 aliphatic heterocycles. The van der Waals surface area contributed by atoms with Crippen molar-refractivity contribution in [2.45, 2.75) is 0 Å². The molecule has 0 heterocycles. The fourth-order valence-corrected chi connectivity index (χ4v) is 2.24. The van der Waals surface area contributed by atoms with Crippen molar-refractivity contribution in [3.63, 3.8) is 0 Å². The molecule has 0 fully saturated rings. The molecule has 0 bridgehead atoms. The smallest absolute Gasteiger partial charge is 0.193 e. The maximum Gasteiger partial charge on any atom is 0.193 e. The summed E-state index contributed by atoms with van der Waals surface area (Å²) in [5, 5.41) is 20.3. The van der Waals surface area contributed by atoms with Crippen LogP contribution in [0, 0.1) is 0 Å². The first-order valence-corrected chi connectivity index (χ1v) is 6.88. The molecule has 0 unspecified atom stereocenters. The van der Waals surface area contributed by atoms with Gasteiger partial charge in [0.15, 0.2) is 18.0 Å². The van der Waals surface area contributed by atoms with E-state index in [-0.39, 0.29) is 45.5 Å². The van der Waals surface area contributed by atoms with Crippen LogP contribution < -0.4 is 4.74 Å². The molecule has 0 atom stereocenters. The quantitative estimate of drug-likeness (QED) is 0.374. The van der Waals surface area contributed by atoms with Gasteiger partial charge in [-0.1, -0.05) is 55.8 Å². The van der Waals surface area contributed by atoms with E-state index in [9.17, 15) is 14.4 Å². The van der Waals surface area contributed by atoms with E-state index in [0.29, 0.717) is 30.5 Å². The predicted octanol–water partition coefficient (Wildman–Crippen LogP) is 0.740. The van der Waals surface area contributed by atoms with E-state index in [2.05, 4.69) is 4.74 Å². The number of ether oxygens (including phenoxy) is 1. The molecular formula is C18H10CuO10-4. The van der Waals surface area contributed by atoms with E-state index in [1.165, 1.54) is 12.5 Å². The molecule has 0 aromatic heterocycles. The molecule has 1 radical (unpaired) electrons. The number of carbonyl (C=O) groups is 2. The van der Waals surface area contributed by atoms with Gasteiger partial charge in [-0.2, -0.15) is 0 Å². The summed E-state index contributed by atoms with van der Waals surface area (Å²) in [5.41, 5.74) is 1.06. The summed E-state index contributed by atoms with van der Waals surface area (Å²) < 4.78 is 4.66. The molecule has 2 aromatic carbocycles. The Morgan fingerprint density at radius 3 is 1.52 bits per heavy atom. The number of benzene rings is 2. The Morgan fingerprint density at radius 1 is 0.655 bits per heavy atom. The largest absolute Gasteiger partial charge is 0.665 e. The average Bonchev–Trinajstić information content (AvgIpc) is 2.68. The second-order valence-electron chi connectivity index (χ2n) is 4.34. The summed E-state index contributed by atoms with van der Waals surface area (Å²) >= 11 is 0. The van der Waals surface area contributed by atoms with Crippen molar-refractivity contribution in [3.8, 4) is 5.75 Å². The van der Waals surface area contributed by atoms with Gasteiger partial charge in [-0.25, -0.2) is 0 Å². The van der Waals surface area contributed by atoms with E-state index in [1.807, 2.05) is 0 Å². The van der Waals surface area contributed by atoms with Gasteiger partial charge in [0.2, 0.25) is 0 Å². The fraction of sp³-hybridized carbons (Fsp3) is 0. The van der Waals surface area contributed by atoms with Gasteiger partial charge in [-0.05, 0) is 11.3 Å². The summed E-state index contributed by atoms with van der Waals surface area (Å²) in [4.78, 5) is 59.7. The average molecular weight is 450 g/mol. The fourth-order valence-electron chi connectivity index (χ4n) is 2.24. The van der Waals surface area contributed by atoms with Crippen molar-refractivity contribution in [2.24, 2.45) is 0 Å². The third-order valence-corrected chi connectivity index (χ3v) is 3.07. The molecule has 1 aliphatic rings. The summed E-state index contributed by atoms with van der Waals surface area (Å²) in [6, 6.07) is 11.1. The van der Waals surface area contributed by atoms with Crippen molar-refractivity contribution < 1.29 is 65.9 Å². The van der Waals surface area contributed by atoms with Crippen molar-refractivity contribution in [3.05, 3.63) is 64.7 Å². The molecule has 3 N–H and O–H groups in total. The first-order valence-electron chi connectivity index (χ1n) is 6.88. The molecule has 0 saturated heterocycles. The SMILES string of the molecule is O=[C-]O.O=[C-]O.O=[C-]O.O=[C-]Oc1cccc2c1C(=O)c1ccccc1C2=O.[Cu]. The van der Waals surface area contributed by atoms with Crippen LogP contribution in [0.1, 0.15) is 31.8 Å². The zero-order valence-electron chi connectivity index (χ0n) is 14.0. The van der Waals surface area contributed by atoms with Crippen LogP contribution >= 0.6 is 0 Å². The minimum absolute atomic E-state index is 0. The molecule has 157 valence electrons. The molecule has 0 amide bonds. The van der Waals surface area contributed by atoms with Crippen molar-refractivity contribution in [1.29, 1.82) is 0 Å². The molecular weight excluding hydrogens is 440 g/mol. The molecule has 0 saturated carbocycles. The topological polar surface area (TPSA) is 172 Å².